The lowest BCUT2D eigenvalue weighted by Gasteiger charge is -2.12. The molecular weight excluding hydrogens is 205 g/mol. The molecule has 0 bridgehead atoms. The molecule has 0 spiro atoms. The van der Waals surface area contributed by atoms with E-state index in [0.29, 0.717) is 0 Å². The molecule has 1 nitrogen and oxygen atoms in total. The summed E-state index contributed by atoms with van der Waals surface area (Å²) in [4.78, 5) is 0. The Labute approximate surface area is 85.9 Å². The van der Waals surface area contributed by atoms with Crippen LogP contribution in [0, 0.1) is 0 Å². The molecule has 0 aliphatic carbocycles. The minimum absolute atomic E-state index is 0.0610. The molecule has 0 heterocycles. The van der Waals surface area contributed by atoms with E-state index in [1.54, 1.807) is 6.07 Å². The van der Waals surface area contributed by atoms with Crippen molar-refractivity contribution in [3.8, 4) is 0 Å². The first-order valence-corrected chi connectivity index (χ1v) is 4.44. The molecule has 1 atom stereocenters. The van der Waals surface area contributed by atoms with E-state index in [1.807, 2.05) is 0 Å². The molecular formula is C11H11F3O. The number of allylic oxidation sites excluding steroid dienone is 1. The third-order valence-corrected chi connectivity index (χ3v) is 1.80. The molecule has 82 valence electrons. The lowest BCUT2D eigenvalue weighted by atomic mass is 10.0. The molecule has 1 rings (SSSR count). The van der Waals surface area contributed by atoms with Gasteiger partial charge in [0.05, 0.1) is 11.7 Å². The zero-order chi connectivity index (χ0) is 11.5. The summed E-state index contributed by atoms with van der Waals surface area (Å²) in [6.45, 7) is 1.29. The van der Waals surface area contributed by atoms with Crippen molar-refractivity contribution in [2.45, 2.75) is 19.2 Å². The van der Waals surface area contributed by atoms with Gasteiger partial charge in [0, 0.05) is 0 Å². The topological polar surface area (TPSA) is 20.2 Å². The second-order valence-corrected chi connectivity index (χ2v) is 3.18. The maximum Gasteiger partial charge on any atom is 0.416 e. The Bertz CT molecular complexity index is 339. The lowest BCUT2D eigenvalue weighted by Crippen LogP contribution is -2.13. The molecule has 0 amide bonds. The predicted octanol–water partition coefficient (Wildman–Crippen LogP) is 3.01. The van der Waals surface area contributed by atoms with Gasteiger partial charge in [-0.05, 0) is 18.6 Å². The lowest BCUT2D eigenvalue weighted by molar-refractivity contribution is -0.0694. The first kappa shape index (κ1) is 11.8. The summed E-state index contributed by atoms with van der Waals surface area (Å²) >= 11 is 0. The van der Waals surface area contributed by atoms with Gasteiger partial charge in [-0.1, -0.05) is 30.3 Å². The number of hydrogen-bond donors (Lipinski definition) is 1. The maximum atomic E-state index is 12.6. The van der Waals surface area contributed by atoms with Crippen LogP contribution in [0.2, 0.25) is 0 Å². The summed E-state index contributed by atoms with van der Waals surface area (Å²) in [7, 11) is 0. The Hall–Kier alpha value is -1.29. The van der Waals surface area contributed by atoms with Crippen molar-refractivity contribution >= 4 is 5.57 Å². The second-order valence-electron chi connectivity index (χ2n) is 3.18. The van der Waals surface area contributed by atoms with Crippen LogP contribution in [0.4, 0.5) is 13.2 Å². The minimum Gasteiger partial charge on any atom is -0.389 e. The highest BCUT2D eigenvalue weighted by Gasteiger charge is 2.34. The smallest absolute Gasteiger partial charge is 0.389 e. The fraction of sp³-hybridized carbons (Fsp3) is 0.273. The molecule has 0 aliphatic rings. The van der Waals surface area contributed by atoms with Gasteiger partial charge in [-0.3, -0.25) is 0 Å². The summed E-state index contributed by atoms with van der Waals surface area (Å²) in [5.74, 6) is 0. The summed E-state index contributed by atoms with van der Waals surface area (Å²) < 4.78 is 37.8. The summed E-state index contributed by atoms with van der Waals surface area (Å²) in [6.07, 6.45) is -4.77. The van der Waals surface area contributed by atoms with Crippen molar-refractivity contribution in [2.24, 2.45) is 0 Å². The fourth-order valence-corrected chi connectivity index (χ4v) is 1.21. The predicted molar refractivity (Wildman–Crippen MR) is 52.2 cm³/mol. The van der Waals surface area contributed by atoms with Crippen molar-refractivity contribution in [3.05, 3.63) is 42.0 Å². The molecule has 15 heavy (non-hydrogen) atoms. The van der Waals surface area contributed by atoms with Crippen LogP contribution in [-0.2, 0) is 0 Å². The monoisotopic (exact) mass is 216 g/mol. The first-order chi connectivity index (χ1) is 6.91. The van der Waals surface area contributed by atoms with E-state index in [1.165, 1.54) is 31.2 Å². The van der Waals surface area contributed by atoms with E-state index in [4.69, 9.17) is 5.11 Å². The molecule has 1 unspecified atom stereocenters. The van der Waals surface area contributed by atoms with Gasteiger partial charge < -0.3 is 5.11 Å². The van der Waals surface area contributed by atoms with E-state index in [0.717, 1.165) is 6.08 Å². The van der Waals surface area contributed by atoms with Gasteiger partial charge in [0.15, 0.2) is 0 Å². The third-order valence-electron chi connectivity index (χ3n) is 1.80. The van der Waals surface area contributed by atoms with E-state index in [-0.39, 0.29) is 5.56 Å². The number of hydrogen-bond acceptors (Lipinski definition) is 1. The molecule has 1 aromatic carbocycles. The molecule has 0 saturated carbocycles. The highest BCUT2D eigenvalue weighted by atomic mass is 19.4. The minimum atomic E-state index is -4.45. The highest BCUT2D eigenvalue weighted by molar-refractivity contribution is 5.69. The van der Waals surface area contributed by atoms with Gasteiger partial charge in [0.2, 0.25) is 0 Å². The van der Waals surface area contributed by atoms with Gasteiger partial charge in [0.1, 0.15) is 0 Å². The number of benzene rings is 1. The van der Waals surface area contributed by atoms with Crippen molar-refractivity contribution < 1.29 is 18.3 Å². The Morgan fingerprint density at radius 2 is 1.80 bits per heavy atom. The molecule has 0 saturated heterocycles. The third kappa shape index (κ3) is 3.40. The van der Waals surface area contributed by atoms with Gasteiger partial charge >= 0.3 is 6.18 Å². The first-order valence-electron chi connectivity index (χ1n) is 4.44. The highest BCUT2D eigenvalue weighted by Crippen LogP contribution is 2.33. The number of aliphatic hydroxyl groups is 1. The van der Waals surface area contributed by atoms with Gasteiger partial charge in [0.25, 0.3) is 0 Å². The van der Waals surface area contributed by atoms with Crippen LogP contribution in [0.3, 0.4) is 0 Å². The summed E-state index contributed by atoms with van der Waals surface area (Å²) in [5.41, 5.74) is -0.746. The van der Waals surface area contributed by atoms with Crippen LogP contribution < -0.4 is 0 Å². The fourth-order valence-electron chi connectivity index (χ4n) is 1.21. The van der Waals surface area contributed by atoms with Crippen LogP contribution in [0.25, 0.3) is 5.57 Å². The quantitative estimate of drug-likeness (QED) is 0.805. The largest absolute Gasteiger partial charge is 0.416 e. The van der Waals surface area contributed by atoms with E-state index < -0.39 is 17.9 Å². The van der Waals surface area contributed by atoms with E-state index >= 15 is 0 Å². The van der Waals surface area contributed by atoms with Crippen molar-refractivity contribution in [1.82, 2.24) is 0 Å². The van der Waals surface area contributed by atoms with Gasteiger partial charge in [-0.2, -0.15) is 13.2 Å². The van der Waals surface area contributed by atoms with E-state index in [9.17, 15) is 13.2 Å². The normalized spacial score (nSPS) is 15.1. The number of alkyl halides is 3. The Kier molecular flexibility index (Phi) is 3.52. The van der Waals surface area contributed by atoms with Crippen molar-refractivity contribution in [3.63, 3.8) is 0 Å². The van der Waals surface area contributed by atoms with Crippen LogP contribution in [0.1, 0.15) is 12.5 Å². The molecule has 1 aromatic rings. The molecule has 0 aromatic heterocycles. The molecule has 0 radical (unpaired) electrons. The van der Waals surface area contributed by atoms with Crippen LogP contribution in [0.15, 0.2) is 36.4 Å². The molecule has 4 heteroatoms. The van der Waals surface area contributed by atoms with Crippen molar-refractivity contribution in [1.29, 1.82) is 0 Å². The van der Waals surface area contributed by atoms with Gasteiger partial charge in [-0.15, -0.1) is 0 Å². The SMILES string of the molecule is CC(O)/C=C(\c1ccccc1)C(F)(F)F. The average Bonchev–Trinajstić information content (AvgIpc) is 2.14. The standard InChI is InChI=1S/C11H11F3O/c1-8(15)7-10(11(12,13)14)9-5-3-2-4-6-9/h2-8,15H,1H3/b10-7+. The summed E-state index contributed by atoms with van der Waals surface area (Å²) in [5, 5.41) is 8.97. The second kappa shape index (κ2) is 4.49. The van der Waals surface area contributed by atoms with Crippen LogP contribution in [-0.4, -0.2) is 17.4 Å². The number of aliphatic hydroxyl groups excluding tert-OH is 1. The Morgan fingerprint density at radius 1 is 1.27 bits per heavy atom. The number of halogens is 3. The Morgan fingerprint density at radius 3 is 2.20 bits per heavy atom. The number of rotatable bonds is 2. The zero-order valence-electron chi connectivity index (χ0n) is 8.12. The van der Waals surface area contributed by atoms with Crippen LogP contribution in [0.5, 0.6) is 0 Å². The van der Waals surface area contributed by atoms with Crippen molar-refractivity contribution in [2.75, 3.05) is 0 Å². The molecule has 0 fully saturated rings. The Balaban J connectivity index is 3.15. The average molecular weight is 216 g/mol. The maximum absolute atomic E-state index is 12.6. The zero-order valence-corrected chi connectivity index (χ0v) is 8.12. The molecule has 0 aliphatic heterocycles. The van der Waals surface area contributed by atoms with E-state index in [2.05, 4.69) is 0 Å². The molecule has 1 N–H and O–H groups in total. The summed E-state index contributed by atoms with van der Waals surface area (Å²) in [6, 6.07) is 7.41. The van der Waals surface area contributed by atoms with Crippen LogP contribution >= 0.6 is 0 Å². The van der Waals surface area contributed by atoms with Gasteiger partial charge in [-0.25, -0.2) is 0 Å².